The fourth-order valence-corrected chi connectivity index (χ4v) is 3.75. The van der Waals surface area contributed by atoms with Crippen molar-refractivity contribution >= 4 is 11.6 Å². The molecule has 2 N–H and O–H groups in total. The Bertz CT molecular complexity index is 971. The van der Waals surface area contributed by atoms with Crippen molar-refractivity contribution in [1.82, 2.24) is 14.9 Å². The summed E-state index contributed by atoms with van der Waals surface area (Å²) in [5, 5.41) is 3.00. The van der Waals surface area contributed by atoms with Crippen molar-refractivity contribution < 1.29 is 4.79 Å². The predicted molar refractivity (Wildman–Crippen MR) is 134 cm³/mol. The lowest BCUT2D eigenvalue weighted by molar-refractivity contribution is -0.117. The van der Waals surface area contributed by atoms with E-state index in [-0.39, 0.29) is 5.91 Å². The number of carbonyl (C=O) groups excluding carboxylic acids is 1. The third kappa shape index (κ3) is 6.79. The van der Waals surface area contributed by atoms with Crippen LogP contribution in [0, 0.1) is 27.7 Å². The molecule has 1 amide bonds. The number of anilines is 1. The Morgan fingerprint density at radius 1 is 1.00 bits per heavy atom. The molecule has 0 spiro atoms. The highest BCUT2D eigenvalue weighted by atomic mass is 16.2. The third-order valence-electron chi connectivity index (χ3n) is 6.11. The van der Waals surface area contributed by atoms with Gasteiger partial charge in [0.05, 0.1) is 12.9 Å². The monoisotopic (exact) mass is 434 g/mol. The maximum absolute atomic E-state index is 11.9. The van der Waals surface area contributed by atoms with Gasteiger partial charge in [-0.2, -0.15) is 0 Å². The summed E-state index contributed by atoms with van der Waals surface area (Å²) in [5.41, 5.74) is 8.43. The topological polar surface area (TPSA) is 61.0 Å². The second kappa shape index (κ2) is 12.2. The Labute approximate surface area is 193 Å². The number of para-hydroxylation sites is 1. The number of benzene rings is 2. The maximum Gasteiger partial charge on any atom is 0.238 e. The molecule has 0 radical (unpaired) electrons. The van der Waals surface area contributed by atoms with Crippen LogP contribution in [0.25, 0.3) is 0 Å². The minimum absolute atomic E-state index is 0.0612. The van der Waals surface area contributed by atoms with Crippen LogP contribution in [0.15, 0.2) is 48.9 Å². The highest BCUT2D eigenvalue weighted by molar-refractivity contribution is 5.93. The molecule has 0 aliphatic carbocycles. The van der Waals surface area contributed by atoms with E-state index in [1.54, 1.807) is 6.33 Å². The van der Waals surface area contributed by atoms with Crippen LogP contribution >= 0.6 is 0 Å². The van der Waals surface area contributed by atoms with E-state index in [1.165, 1.54) is 22.4 Å². The number of aryl methyl sites for hydroxylation is 3. The van der Waals surface area contributed by atoms with E-state index in [4.69, 9.17) is 0 Å². The van der Waals surface area contributed by atoms with Crippen LogP contribution in [-0.4, -0.2) is 40.4 Å². The molecule has 0 fully saturated rings. The SMILES string of the molecule is CCN(CC)CC(=O)Nc1c(C)cccc1C.Cc1cccc([C@H](C)c2cnc[nH]2)c1C. The molecular weight excluding hydrogens is 396 g/mol. The van der Waals surface area contributed by atoms with E-state index in [2.05, 4.69) is 73.0 Å². The molecule has 0 saturated heterocycles. The molecule has 32 heavy (non-hydrogen) atoms. The van der Waals surface area contributed by atoms with Crippen LogP contribution < -0.4 is 5.32 Å². The largest absolute Gasteiger partial charge is 0.348 e. The first-order chi connectivity index (χ1) is 15.3. The van der Waals surface area contributed by atoms with Gasteiger partial charge in [0.25, 0.3) is 0 Å². The molecule has 1 aromatic heterocycles. The van der Waals surface area contributed by atoms with E-state index in [1.807, 2.05) is 38.2 Å². The summed E-state index contributed by atoms with van der Waals surface area (Å²) in [6.45, 7) is 16.9. The first kappa shape index (κ1) is 25.3. The molecule has 172 valence electrons. The summed E-state index contributed by atoms with van der Waals surface area (Å²) in [7, 11) is 0. The van der Waals surface area contributed by atoms with Crippen molar-refractivity contribution in [3.8, 4) is 0 Å². The van der Waals surface area contributed by atoms with Gasteiger partial charge in [-0.3, -0.25) is 9.69 Å². The molecule has 5 heteroatoms. The molecule has 1 atom stereocenters. The van der Waals surface area contributed by atoms with Gasteiger partial charge in [0.1, 0.15) is 0 Å². The van der Waals surface area contributed by atoms with Gasteiger partial charge in [0.15, 0.2) is 0 Å². The molecular formula is C27H38N4O. The average Bonchev–Trinajstić information content (AvgIpc) is 3.31. The van der Waals surface area contributed by atoms with Crippen LogP contribution in [0.2, 0.25) is 0 Å². The van der Waals surface area contributed by atoms with Crippen LogP contribution in [0.4, 0.5) is 5.69 Å². The minimum atomic E-state index is 0.0612. The molecule has 1 heterocycles. The van der Waals surface area contributed by atoms with Crippen molar-refractivity contribution in [2.24, 2.45) is 0 Å². The zero-order valence-corrected chi connectivity index (χ0v) is 20.6. The second-order valence-electron chi connectivity index (χ2n) is 8.29. The van der Waals surface area contributed by atoms with E-state index in [0.29, 0.717) is 12.5 Å². The summed E-state index contributed by atoms with van der Waals surface area (Å²) in [6, 6.07) is 12.5. The van der Waals surface area contributed by atoms with Gasteiger partial charge in [-0.1, -0.05) is 57.2 Å². The van der Waals surface area contributed by atoms with E-state index in [9.17, 15) is 4.79 Å². The first-order valence-corrected chi connectivity index (χ1v) is 11.4. The highest BCUT2D eigenvalue weighted by Gasteiger charge is 2.12. The number of H-pyrrole nitrogens is 1. The quantitative estimate of drug-likeness (QED) is 0.497. The van der Waals surface area contributed by atoms with Gasteiger partial charge in [-0.05, 0) is 68.6 Å². The van der Waals surface area contributed by atoms with Crippen LogP contribution in [0.5, 0.6) is 0 Å². The number of hydrogen-bond donors (Lipinski definition) is 2. The number of nitrogens with zero attached hydrogens (tertiary/aromatic N) is 2. The third-order valence-corrected chi connectivity index (χ3v) is 6.11. The van der Waals surface area contributed by atoms with Crippen molar-refractivity contribution in [3.63, 3.8) is 0 Å². The molecule has 3 aromatic rings. The summed E-state index contributed by atoms with van der Waals surface area (Å²) >= 11 is 0. The van der Waals surface area contributed by atoms with Crippen LogP contribution in [0.1, 0.15) is 60.2 Å². The standard InChI is InChI=1S/C14H22N2O.C13H16N2/c1-5-16(6-2)10-13(17)15-14-11(3)8-7-9-12(14)4;1-9-5-4-6-12(10(9)2)11(3)13-7-14-8-15-13/h7-9H,5-6,10H2,1-4H3,(H,15,17);4-8,11H,1-3H3,(H,14,15)/t;11-/m.0/s1. The highest BCUT2D eigenvalue weighted by Crippen LogP contribution is 2.26. The van der Waals surface area contributed by atoms with E-state index in [0.717, 1.165) is 29.9 Å². The number of hydrogen-bond acceptors (Lipinski definition) is 3. The Hall–Kier alpha value is -2.92. The van der Waals surface area contributed by atoms with Gasteiger partial charge < -0.3 is 10.3 Å². The van der Waals surface area contributed by atoms with Crippen LogP contribution in [0.3, 0.4) is 0 Å². The van der Waals surface area contributed by atoms with Crippen LogP contribution in [-0.2, 0) is 4.79 Å². The zero-order valence-electron chi connectivity index (χ0n) is 20.6. The molecule has 0 aliphatic rings. The lowest BCUT2D eigenvalue weighted by Gasteiger charge is -2.18. The Kier molecular flexibility index (Phi) is 9.66. The number of nitrogens with one attached hydrogen (secondary N) is 2. The van der Waals surface area contributed by atoms with Crippen molar-refractivity contribution in [1.29, 1.82) is 0 Å². The van der Waals surface area contributed by atoms with E-state index < -0.39 is 0 Å². The van der Waals surface area contributed by atoms with Gasteiger partial charge in [-0.15, -0.1) is 0 Å². The number of aromatic nitrogens is 2. The molecule has 0 aliphatic heterocycles. The summed E-state index contributed by atoms with van der Waals surface area (Å²) in [6.07, 6.45) is 3.63. The molecule has 3 rings (SSSR count). The summed E-state index contributed by atoms with van der Waals surface area (Å²) < 4.78 is 0. The second-order valence-corrected chi connectivity index (χ2v) is 8.29. The zero-order chi connectivity index (χ0) is 23.7. The normalized spacial score (nSPS) is 11.6. The number of amides is 1. The maximum atomic E-state index is 11.9. The fourth-order valence-electron chi connectivity index (χ4n) is 3.75. The van der Waals surface area contributed by atoms with Crippen molar-refractivity contribution in [2.75, 3.05) is 25.0 Å². The predicted octanol–water partition coefficient (Wildman–Crippen LogP) is 5.76. The number of likely N-dealkylation sites (N-methyl/N-ethyl adjacent to an activating group) is 1. The van der Waals surface area contributed by atoms with Gasteiger partial charge in [0.2, 0.25) is 5.91 Å². The summed E-state index contributed by atoms with van der Waals surface area (Å²) in [4.78, 5) is 21.2. The Morgan fingerprint density at radius 3 is 2.16 bits per heavy atom. The molecule has 0 bridgehead atoms. The molecule has 0 unspecified atom stereocenters. The smallest absolute Gasteiger partial charge is 0.238 e. The molecule has 0 saturated carbocycles. The number of carbonyl (C=O) groups is 1. The average molecular weight is 435 g/mol. The minimum Gasteiger partial charge on any atom is -0.348 e. The van der Waals surface area contributed by atoms with E-state index >= 15 is 0 Å². The number of imidazole rings is 1. The Balaban J connectivity index is 0.000000228. The van der Waals surface area contributed by atoms with Gasteiger partial charge in [0, 0.05) is 23.5 Å². The lowest BCUT2D eigenvalue weighted by atomic mass is 9.92. The summed E-state index contributed by atoms with van der Waals surface area (Å²) in [5.74, 6) is 0.443. The number of rotatable bonds is 7. The van der Waals surface area contributed by atoms with Crippen molar-refractivity contribution in [3.05, 3.63) is 82.4 Å². The van der Waals surface area contributed by atoms with Crippen molar-refractivity contribution in [2.45, 2.75) is 54.4 Å². The molecule has 2 aromatic carbocycles. The fraction of sp³-hybridized carbons (Fsp3) is 0.407. The van der Waals surface area contributed by atoms with Gasteiger partial charge in [-0.25, -0.2) is 4.98 Å². The Morgan fingerprint density at radius 2 is 1.59 bits per heavy atom. The first-order valence-electron chi connectivity index (χ1n) is 11.4. The number of aromatic amines is 1. The molecule has 5 nitrogen and oxygen atoms in total. The van der Waals surface area contributed by atoms with Gasteiger partial charge >= 0.3 is 0 Å². The lowest BCUT2D eigenvalue weighted by Crippen LogP contribution is -2.33.